The molecule has 134 valence electrons. The van der Waals surface area contributed by atoms with Crippen molar-refractivity contribution >= 4 is 38.6 Å². The Morgan fingerprint density at radius 3 is 2.74 bits per heavy atom. The fourth-order valence-corrected chi connectivity index (χ4v) is 4.07. The number of hydrogen-bond donors (Lipinski definition) is 0. The summed E-state index contributed by atoms with van der Waals surface area (Å²) in [6, 6.07) is 16.2. The fourth-order valence-electron chi connectivity index (χ4n) is 2.79. The quantitative estimate of drug-likeness (QED) is 0.316. The van der Waals surface area contributed by atoms with Crippen molar-refractivity contribution in [2.45, 2.75) is 23.1 Å². The van der Waals surface area contributed by atoms with E-state index >= 15 is 0 Å². The summed E-state index contributed by atoms with van der Waals surface area (Å²) >= 11 is 5.01. The summed E-state index contributed by atoms with van der Waals surface area (Å²) in [5.74, 6) is 0.906. The van der Waals surface area contributed by atoms with Gasteiger partial charge in [0.25, 0.3) is 0 Å². The van der Waals surface area contributed by atoms with Crippen LogP contribution in [0.5, 0.6) is 0 Å². The summed E-state index contributed by atoms with van der Waals surface area (Å²) in [4.78, 5) is 8.80. The maximum absolute atomic E-state index is 4.46. The Bertz CT molecular complexity index is 1090. The maximum Gasteiger partial charge on any atom is 0.197 e. The lowest BCUT2D eigenvalue weighted by molar-refractivity contribution is 0.690. The molecule has 0 aliphatic heterocycles. The van der Waals surface area contributed by atoms with E-state index in [-0.39, 0.29) is 0 Å². The van der Waals surface area contributed by atoms with Gasteiger partial charge in [0.15, 0.2) is 5.16 Å². The number of halogens is 1. The summed E-state index contributed by atoms with van der Waals surface area (Å²) in [6.45, 7) is 4.52. The molecule has 4 rings (SSSR count). The molecule has 0 fully saturated rings. The molecule has 0 aliphatic carbocycles. The van der Waals surface area contributed by atoms with Gasteiger partial charge in [0, 0.05) is 22.8 Å². The van der Waals surface area contributed by atoms with Gasteiger partial charge >= 0.3 is 0 Å². The molecule has 0 amide bonds. The van der Waals surface area contributed by atoms with Gasteiger partial charge in [-0.1, -0.05) is 52.3 Å². The lowest BCUT2D eigenvalue weighted by atomic mass is 10.1. The largest absolute Gasteiger partial charge is 0.302 e. The second-order valence-electron chi connectivity index (χ2n) is 5.90. The molecule has 0 spiro atoms. The molecule has 0 saturated heterocycles. The van der Waals surface area contributed by atoms with Gasteiger partial charge in [-0.15, -0.1) is 16.8 Å². The Hall–Kier alpha value is -2.51. The van der Waals surface area contributed by atoms with Crippen LogP contribution in [0.4, 0.5) is 0 Å². The number of rotatable bonds is 6. The lowest BCUT2D eigenvalue weighted by Gasteiger charge is -2.08. The van der Waals surface area contributed by atoms with Crippen molar-refractivity contribution in [3.63, 3.8) is 0 Å². The van der Waals surface area contributed by atoms with E-state index in [0.717, 1.165) is 37.8 Å². The van der Waals surface area contributed by atoms with Crippen molar-refractivity contribution in [2.24, 2.45) is 0 Å². The number of aromatic nitrogens is 5. The fraction of sp³-hybridized carbons (Fsp3) is 0.100. The van der Waals surface area contributed by atoms with Crippen molar-refractivity contribution in [3.8, 4) is 0 Å². The van der Waals surface area contributed by atoms with Crippen LogP contribution in [0.2, 0.25) is 0 Å². The minimum atomic E-state index is 0.643. The van der Waals surface area contributed by atoms with Crippen LogP contribution in [-0.4, -0.2) is 24.7 Å². The first-order chi connectivity index (χ1) is 13.2. The SMILES string of the molecule is C=CCn1c(Cc2ccccc2)nnc1Sc1ncnc2ccc(Br)cc12. The average molecular weight is 438 g/mol. The van der Waals surface area contributed by atoms with E-state index in [2.05, 4.69) is 59.4 Å². The molecule has 27 heavy (non-hydrogen) atoms. The van der Waals surface area contributed by atoms with Crippen LogP contribution in [0.25, 0.3) is 10.9 Å². The van der Waals surface area contributed by atoms with E-state index < -0.39 is 0 Å². The minimum absolute atomic E-state index is 0.643. The summed E-state index contributed by atoms with van der Waals surface area (Å²) in [5, 5.41) is 11.5. The zero-order valence-electron chi connectivity index (χ0n) is 14.4. The predicted octanol–water partition coefficient (Wildman–Crippen LogP) is 4.91. The molecule has 0 radical (unpaired) electrons. The van der Waals surface area contributed by atoms with E-state index in [4.69, 9.17) is 0 Å². The van der Waals surface area contributed by atoms with Gasteiger partial charge in [0.05, 0.1) is 5.52 Å². The Morgan fingerprint density at radius 2 is 1.93 bits per heavy atom. The number of fused-ring (bicyclic) bond motifs is 1. The molecule has 2 aromatic carbocycles. The highest BCUT2D eigenvalue weighted by atomic mass is 79.9. The highest BCUT2D eigenvalue weighted by molar-refractivity contribution is 9.10. The molecule has 0 N–H and O–H groups in total. The molecule has 0 bridgehead atoms. The Morgan fingerprint density at radius 1 is 1.07 bits per heavy atom. The van der Waals surface area contributed by atoms with E-state index in [0.29, 0.717) is 6.54 Å². The van der Waals surface area contributed by atoms with Gasteiger partial charge in [-0.05, 0) is 35.5 Å². The summed E-state index contributed by atoms with van der Waals surface area (Å²) in [6.07, 6.45) is 4.16. The van der Waals surface area contributed by atoms with E-state index in [1.54, 1.807) is 6.33 Å². The second-order valence-corrected chi connectivity index (χ2v) is 7.77. The minimum Gasteiger partial charge on any atom is -0.302 e. The Balaban J connectivity index is 1.70. The third-order valence-electron chi connectivity index (χ3n) is 4.06. The van der Waals surface area contributed by atoms with Crippen LogP contribution in [0.15, 0.2) is 82.2 Å². The maximum atomic E-state index is 4.46. The van der Waals surface area contributed by atoms with Crippen molar-refractivity contribution < 1.29 is 0 Å². The molecule has 4 aromatic rings. The number of hydrogen-bond acceptors (Lipinski definition) is 5. The molecule has 0 aliphatic rings. The lowest BCUT2D eigenvalue weighted by Crippen LogP contribution is -2.05. The molecule has 5 nitrogen and oxygen atoms in total. The first-order valence-corrected chi connectivity index (χ1v) is 10.0. The number of benzene rings is 2. The van der Waals surface area contributed by atoms with E-state index in [1.165, 1.54) is 17.3 Å². The van der Waals surface area contributed by atoms with Crippen LogP contribution in [0, 0.1) is 0 Å². The van der Waals surface area contributed by atoms with E-state index in [1.807, 2.05) is 42.5 Å². The monoisotopic (exact) mass is 437 g/mol. The molecule has 2 aromatic heterocycles. The highest BCUT2D eigenvalue weighted by Gasteiger charge is 2.15. The molecular weight excluding hydrogens is 422 g/mol. The summed E-state index contributed by atoms with van der Waals surface area (Å²) in [5.41, 5.74) is 2.10. The van der Waals surface area contributed by atoms with Gasteiger partial charge in [-0.25, -0.2) is 9.97 Å². The summed E-state index contributed by atoms with van der Waals surface area (Å²) < 4.78 is 3.07. The standard InChI is InChI=1S/C20H16BrN5S/c1-2-10-26-18(11-14-6-4-3-5-7-14)24-25-20(26)27-19-16-12-15(21)8-9-17(16)22-13-23-19/h2-9,12-13H,1,10-11H2. The van der Waals surface area contributed by atoms with E-state index in [9.17, 15) is 0 Å². The molecule has 0 unspecified atom stereocenters. The topological polar surface area (TPSA) is 56.5 Å². The highest BCUT2D eigenvalue weighted by Crippen LogP contribution is 2.32. The number of allylic oxidation sites excluding steroid dienone is 1. The van der Waals surface area contributed by atoms with Crippen molar-refractivity contribution in [1.29, 1.82) is 0 Å². The van der Waals surface area contributed by atoms with Gasteiger partial charge in [-0.2, -0.15) is 0 Å². The van der Waals surface area contributed by atoms with Gasteiger partial charge in [-0.3, -0.25) is 0 Å². The van der Waals surface area contributed by atoms with Crippen LogP contribution < -0.4 is 0 Å². The smallest absolute Gasteiger partial charge is 0.197 e. The second kappa shape index (κ2) is 8.02. The molecule has 2 heterocycles. The zero-order chi connectivity index (χ0) is 18.6. The third-order valence-corrected chi connectivity index (χ3v) is 5.56. The summed E-state index contributed by atoms with van der Waals surface area (Å²) in [7, 11) is 0. The average Bonchev–Trinajstić information content (AvgIpc) is 3.05. The Kier molecular flexibility index (Phi) is 5.31. The van der Waals surface area contributed by atoms with Crippen LogP contribution in [0.3, 0.4) is 0 Å². The van der Waals surface area contributed by atoms with Crippen LogP contribution in [0.1, 0.15) is 11.4 Å². The molecule has 0 saturated carbocycles. The molecular formula is C20H16BrN5S. The van der Waals surface area contributed by atoms with Crippen LogP contribution in [-0.2, 0) is 13.0 Å². The first-order valence-electron chi connectivity index (χ1n) is 8.39. The number of nitrogens with zero attached hydrogens (tertiary/aromatic N) is 5. The van der Waals surface area contributed by atoms with Gasteiger partial charge < -0.3 is 4.57 Å². The van der Waals surface area contributed by atoms with Crippen molar-refractivity contribution in [1.82, 2.24) is 24.7 Å². The zero-order valence-corrected chi connectivity index (χ0v) is 16.8. The van der Waals surface area contributed by atoms with Crippen molar-refractivity contribution in [3.05, 3.63) is 83.4 Å². The van der Waals surface area contributed by atoms with Crippen molar-refractivity contribution in [2.75, 3.05) is 0 Å². The third kappa shape index (κ3) is 3.94. The first kappa shape index (κ1) is 17.9. The molecule has 7 heteroatoms. The van der Waals surface area contributed by atoms with Gasteiger partial charge in [0.1, 0.15) is 17.2 Å². The Labute approximate surface area is 169 Å². The van der Waals surface area contributed by atoms with Gasteiger partial charge in [0.2, 0.25) is 0 Å². The predicted molar refractivity (Wildman–Crippen MR) is 111 cm³/mol. The molecule has 0 atom stereocenters. The van der Waals surface area contributed by atoms with Crippen LogP contribution >= 0.6 is 27.7 Å². The normalized spacial score (nSPS) is 11.0.